The summed E-state index contributed by atoms with van der Waals surface area (Å²) in [4.78, 5) is 22.0. The topological polar surface area (TPSA) is 82.9 Å². The van der Waals surface area contributed by atoms with Gasteiger partial charge in [-0.05, 0) is 74.6 Å². The summed E-state index contributed by atoms with van der Waals surface area (Å²) in [6, 6.07) is 6.69. The highest BCUT2D eigenvalue weighted by molar-refractivity contribution is 5.85. The number of hydrogen-bond acceptors (Lipinski definition) is 6. The Kier molecular flexibility index (Phi) is 7.01. The van der Waals surface area contributed by atoms with Gasteiger partial charge in [-0.3, -0.25) is 14.6 Å². The lowest BCUT2D eigenvalue weighted by Gasteiger charge is -2.43. The molecule has 2 aromatic heterocycles. The second-order valence-corrected chi connectivity index (χ2v) is 11.4. The molecule has 1 saturated heterocycles. The molecule has 0 radical (unpaired) electrons. The number of benzene rings is 1. The van der Waals surface area contributed by atoms with E-state index >= 15 is 0 Å². The minimum absolute atomic E-state index is 0.0558. The van der Waals surface area contributed by atoms with Crippen LogP contribution < -0.4 is 5.56 Å². The van der Waals surface area contributed by atoms with Gasteiger partial charge in [0, 0.05) is 43.2 Å². The molecule has 0 bridgehead atoms. The third-order valence-corrected chi connectivity index (χ3v) is 8.75. The minimum atomic E-state index is -0.299. The molecule has 8 heteroatoms. The van der Waals surface area contributed by atoms with Crippen molar-refractivity contribution in [3.8, 4) is 0 Å². The number of nitrogens with zero attached hydrogens (tertiary/aromatic N) is 6. The normalized spacial score (nSPS) is 19.7. The van der Waals surface area contributed by atoms with Gasteiger partial charge in [-0.15, -0.1) is 5.10 Å². The highest BCUT2D eigenvalue weighted by Crippen LogP contribution is 2.33. The lowest BCUT2D eigenvalue weighted by molar-refractivity contribution is 0.0603. The number of H-pyrrole nitrogens is 1. The van der Waals surface area contributed by atoms with Crippen LogP contribution in [-0.2, 0) is 5.54 Å². The van der Waals surface area contributed by atoms with E-state index < -0.39 is 0 Å². The van der Waals surface area contributed by atoms with E-state index in [0.717, 1.165) is 66.0 Å². The first-order chi connectivity index (χ1) is 17.3. The Hall–Kier alpha value is -2.58. The molecule has 2 fully saturated rings. The van der Waals surface area contributed by atoms with Gasteiger partial charge < -0.3 is 4.98 Å². The summed E-state index contributed by atoms with van der Waals surface area (Å²) in [7, 11) is 0. The Morgan fingerprint density at radius 2 is 1.75 bits per heavy atom. The van der Waals surface area contributed by atoms with Crippen LogP contribution in [0.15, 0.2) is 23.0 Å². The summed E-state index contributed by atoms with van der Waals surface area (Å²) >= 11 is 0. The lowest BCUT2D eigenvalue weighted by atomic mass is 9.93. The first kappa shape index (κ1) is 25.1. The van der Waals surface area contributed by atoms with E-state index in [1.807, 2.05) is 11.6 Å². The maximum atomic E-state index is 13.6. The maximum Gasteiger partial charge on any atom is 0.253 e. The predicted octanol–water partition coefficient (Wildman–Crippen LogP) is 4.32. The molecule has 36 heavy (non-hydrogen) atoms. The van der Waals surface area contributed by atoms with Crippen molar-refractivity contribution in [1.29, 1.82) is 0 Å². The van der Waals surface area contributed by atoms with Gasteiger partial charge in [-0.25, -0.2) is 4.68 Å². The molecule has 3 aromatic rings. The zero-order valence-electron chi connectivity index (χ0n) is 22.5. The number of tetrazole rings is 1. The number of aryl methyl sites for hydroxylation is 2. The van der Waals surface area contributed by atoms with Crippen LogP contribution in [0.25, 0.3) is 10.9 Å². The van der Waals surface area contributed by atoms with Crippen molar-refractivity contribution in [2.45, 2.75) is 90.8 Å². The van der Waals surface area contributed by atoms with Crippen LogP contribution in [0.4, 0.5) is 0 Å². The van der Waals surface area contributed by atoms with Gasteiger partial charge in [0.2, 0.25) is 0 Å². The number of nitrogens with one attached hydrogen (secondary N) is 1. The van der Waals surface area contributed by atoms with E-state index in [1.54, 1.807) is 0 Å². The Balaban J connectivity index is 1.57. The smallest absolute Gasteiger partial charge is 0.253 e. The summed E-state index contributed by atoms with van der Waals surface area (Å²) in [5.41, 5.74) is 3.57. The first-order valence-corrected chi connectivity index (χ1v) is 13.7. The van der Waals surface area contributed by atoms with Crippen LogP contribution in [0.3, 0.4) is 0 Å². The van der Waals surface area contributed by atoms with Crippen molar-refractivity contribution in [2.75, 3.05) is 26.2 Å². The van der Waals surface area contributed by atoms with Crippen molar-refractivity contribution in [1.82, 2.24) is 35.0 Å². The van der Waals surface area contributed by atoms with E-state index in [4.69, 9.17) is 0 Å². The number of piperazine rings is 1. The summed E-state index contributed by atoms with van der Waals surface area (Å²) in [5.74, 6) is 0.753. The van der Waals surface area contributed by atoms with Crippen molar-refractivity contribution < 1.29 is 0 Å². The molecule has 1 saturated carbocycles. The number of rotatable bonds is 6. The monoisotopic (exact) mass is 491 g/mol. The van der Waals surface area contributed by atoms with Gasteiger partial charge in [-0.2, -0.15) is 0 Å². The number of aromatic nitrogens is 5. The minimum Gasteiger partial charge on any atom is -0.321 e. The van der Waals surface area contributed by atoms with Gasteiger partial charge in [0.1, 0.15) is 6.04 Å². The lowest BCUT2D eigenvalue weighted by Crippen LogP contribution is -2.52. The van der Waals surface area contributed by atoms with Gasteiger partial charge >= 0.3 is 0 Å². The SMILES string of the molecule is CCC(C)(C)n1nnnc1[C@@H](c1cc2c(C)ccc(C)c2[nH]c1=O)N1CCN(C2CCCCC2)CC1. The Labute approximate surface area is 214 Å². The van der Waals surface area contributed by atoms with E-state index in [9.17, 15) is 4.79 Å². The van der Waals surface area contributed by atoms with Crippen molar-refractivity contribution in [3.05, 3.63) is 51.1 Å². The number of hydrogen-bond donors (Lipinski definition) is 1. The fraction of sp³-hybridized carbons (Fsp3) is 0.643. The average molecular weight is 492 g/mol. The van der Waals surface area contributed by atoms with Crippen molar-refractivity contribution in [3.63, 3.8) is 0 Å². The van der Waals surface area contributed by atoms with Crippen LogP contribution in [0.1, 0.15) is 87.9 Å². The highest BCUT2D eigenvalue weighted by atomic mass is 16.1. The predicted molar refractivity (Wildman–Crippen MR) is 143 cm³/mol. The Morgan fingerprint density at radius 1 is 1.06 bits per heavy atom. The number of aromatic amines is 1. The van der Waals surface area contributed by atoms with E-state index in [1.165, 1.54) is 32.1 Å². The van der Waals surface area contributed by atoms with Gasteiger partial charge in [0.15, 0.2) is 5.82 Å². The third kappa shape index (κ3) is 4.61. The Morgan fingerprint density at radius 3 is 2.44 bits per heavy atom. The number of pyridine rings is 1. The molecule has 1 aliphatic heterocycles. The zero-order valence-corrected chi connectivity index (χ0v) is 22.5. The van der Waals surface area contributed by atoms with E-state index in [2.05, 4.69) is 76.2 Å². The van der Waals surface area contributed by atoms with Gasteiger partial charge in [-0.1, -0.05) is 38.3 Å². The standard InChI is InChI=1S/C28H41N7O/c1-6-28(4,5)35-26(30-31-32-35)25(34-16-14-33(15-17-34)21-10-8-7-9-11-21)23-18-22-19(2)12-13-20(3)24(22)29-27(23)36/h12-13,18,21,25H,6-11,14-17H2,1-5H3,(H,29,36)/t25-/m1/s1. The largest absolute Gasteiger partial charge is 0.321 e. The molecule has 8 nitrogen and oxygen atoms in total. The molecule has 1 aliphatic carbocycles. The quantitative estimate of drug-likeness (QED) is 0.553. The first-order valence-electron chi connectivity index (χ1n) is 13.7. The fourth-order valence-corrected chi connectivity index (χ4v) is 6.05. The van der Waals surface area contributed by atoms with Crippen LogP contribution in [0.5, 0.6) is 0 Å². The molecular weight excluding hydrogens is 450 g/mol. The van der Waals surface area contributed by atoms with Crippen LogP contribution in [0.2, 0.25) is 0 Å². The van der Waals surface area contributed by atoms with Crippen molar-refractivity contribution >= 4 is 10.9 Å². The molecule has 0 spiro atoms. The molecule has 1 N–H and O–H groups in total. The van der Waals surface area contributed by atoms with Crippen LogP contribution >= 0.6 is 0 Å². The molecule has 0 amide bonds. The molecule has 1 atom stereocenters. The van der Waals surface area contributed by atoms with Gasteiger partial charge in [0.05, 0.1) is 11.1 Å². The molecule has 5 rings (SSSR count). The van der Waals surface area contributed by atoms with Crippen LogP contribution in [0, 0.1) is 13.8 Å². The maximum absolute atomic E-state index is 13.6. The summed E-state index contributed by atoms with van der Waals surface area (Å²) < 4.78 is 1.94. The highest BCUT2D eigenvalue weighted by Gasteiger charge is 2.36. The van der Waals surface area contributed by atoms with Crippen LogP contribution in [-0.4, -0.2) is 67.2 Å². The van der Waals surface area contributed by atoms with Crippen molar-refractivity contribution in [2.24, 2.45) is 0 Å². The average Bonchev–Trinajstić information content (AvgIpc) is 3.39. The molecule has 1 aromatic carbocycles. The molecule has 194 valence electrons. The van der Waals surface area contributed by atoms with Gasteiger partial charge in [0.25, 0.3) is 5.56 Å². The molecule has 2 aliphatic rings. The summed E-state index contributed by atoms with van der Waals surface area (Å²) in [6.07, 6.45) is 7.58. The summed E-state index contributed by atoms with van der Waals surface area (Å²) in [5, 5.41) is 14.2. The summed E-state index contributed by atoms with van der Waals surface area (Å²) in [6.45, 7) is 14.4. The second kappa shape index (κ2) is 10.1. The fourth-order valence-electron chi connectivity index (χ4n) is 6.05. The second-order valence-electron chi connectivity index (χ2n) is 11.4. The van der Waals surface area contributed by atoms with E-state index in [-0.39, 0.29) is 17.1 Å². The molecule has 3 heterocycles. The molecular formula is C28H41N7O. The third-order valence-electron chi connectivity index (χ3n) is 8.75. The number of fused-ring (bicyclic) bond motifs is 1. The Bertz CT molecular complexity index is 1260. The molecule has 0 unspecified atom stereocenters. The van der Waals surface area contributed by atoms with E-state index in [0.29, 0.717) is 6.04 Å². The zero-order chi connectivity index (χ0) is 25.4.